The number of carboxylic acids is 1. The molecule has 1 aliphatic heterocycles. The fraction of sp³-hybridized carbons (Fsp3) is 0.385. The van der Waals surface area contributed by atoms with Crippen molar-refractivity contribution >= 4 is 50.7 Å². The summed E-state index contributed by atoms with van der Waals surface area (Å²) in [6, 6.07) is 8.99. The van der Waals surface area contributed by atoms with Crippen molar-refractivity contribution in [1.29, 1.82) is 0 Å². The van der Waals surface area contributed by atoms with Gasteiger partial charge in [-0.1, -0.05) is 29.8 Å². The molecule has 3 aromatic heterocycles. The Morgan fingerprint density at radius 1 is 1.31 bits per heavy atom. The average molecular weight is 592 g/mol. The first-order valence-electron chi connectivity index (χ1n) is 12.6. The normalized spacial score (nSPS) is 18.8. The molecule has 1 unspecified atom stereocenters. The van der Waals surface area contributed by atoms with Gasteiger partial charge < -0.3 is 9.84 Å². The Morgan fingerprint density at radius 3 is 2.82 bits per heavy atom. The highest BCUT2D eigenvalue weighted by Crippen LogP contribution is 2.57. The second-order valence-corrected chi connectivity index (χ2v) is 13.1. The van der Waals surface area contributed by atoms with Crippen molar-refractivity contribution in [3.05, 3.63) is 62.4 Å². The molecular formula is C26H30ClN5O5S2. The van der Waals surface area contributed by atoms with Gasteiger partial charge in [0.05, 0.1) is 22.8 Å². The first-order chi connectivity index (χ1) is 18.6. The number of halogens is 1. The van der Waals surface area contributed by atoms with E-state index in [4.69, 9.17) is 16.3 Å². The Labute approximate surface area is 236 Å². The molecule has 0 amide bonds. The topological polar surface area (TPSA) is 134 Å². The molecule has 13 heteroatoms. The van der Waals surface area contributed by atoms with Crippen LogP contribution in [0.1, 0.15) is 54.2 Å². The lowest BCUT2D eigenvalue weighted by atomic mass is 9.89. The predicted octanol–water partition coefficient (Wildman–Crippen LogP) is 6.17. The molecule has 2 atom stereocenters. The molecule has 1 aliphatic rings. The van der Waals surface area contributed by atoms with Gasteiger partial charge in [-0.05, 0) is 61.2 Å². The fourth-order valence-corrected chi connectivity index (χ4v) is 7.90. The molecule has 39 heavy (non-hydrogen) atoms. The number of hydrogen-bond donors (Lipinski definition) is 3. The molecule has 0 radical (unpaired) electrons. The molecule has 0 saturated heterocycles. The Bertz CT molecular complexity index is 1520. The minimum absolute atomic E-state index is 0.131. The van der Waals surface area contributed by atoms with Crippen LogP contribution in [0.15, 0.2) is 41.4 Å². The lowest BCUT2D eigenvalue weighted by molar-refractivity contribution is -0.137. The van der Waals surface area contributed by atoms with Crippen molar-refractivity contribution in [1.82, 2.24) is 24.3 Å². The summed E-state index contributed by atoms with van der Waals surface area (Å²) in [4.78, 5) is 17.2. The molecule has 0 aliphatic carbocycles. The first-order valence-corrected chi connectivity index (χ1v) is 15.3. The zero-order chi connectivity index (χ0) is 27.9. The Balaban J connectivity index is 1.51. The minimum atomic E-state index is -3.41. The van der Waals surface area contributed by atoms with E-state index >= 15 is 0 Å². The zero-order valence-corrected chi connectivity index (χ0v) is 24.1. The summed E-state index contributed by atoms with van der Waals surface area (Å²) in [6.07, 6.45) is 1.78. The highest BCUT2D eigenvalue weighted by atomic mass is 35.5. The van der Waals surface area contributed by atoms with E-state index in [1.54, 1.807) is 27.3 Å². The van der Waals surface area contributed by atoms with Gasteiger partial charge in [-0.15, -0.1) is 27.2 Å². The van der Waals surface area contributed by atoms with Gasteiger partial charge in [0.2, 0.25) is 5.88 Å². The maximum absolute atomic E-state index is 11.9. The first kappa shape index (κ1) is 27.8. The predicted molar refractivity (Wildman–Crippen MR) is 152 cm³/mol. The van der Waals surface area contributed by atoms with Gasteiger partial charge >= 0.3 is 5.97 Å². The van der Waals surface area contributed by atoms with Crippen molar-refractivity contribution in [3.63, 3.8) is 0 Å². The lowest BCUT2D eigenvalue weighted by Gasteiger charge is -2.41. The molecule has 0 saturated carbocycles. The van der Waals surface area contributed by atoms with Crippen LogP contribution in [0.25, 0.3) is 11.0 Å². The number of fused-ring (bicyclic) bond motifs is 2. The Hall–Kier alpha value is -2.74. The summed E-state index contributed by atoms with van der Waals surface area (Å²) >= 11 is 8.02. The monoisotopic (exact) mass is 591 g/mol. The van der Waals surface area contributed by atoms with E-state index in [0.717, 1.165) is 27.0 Å². The van der Waals surface area contributed by atoms with Crippen LogP contribution in [-0.4, -0.2) is 57.1 Å². The molecule has 10 nitrogen and oxygen atoms in total. The van der Waals surface area contributed by atoms with Crippen LogP contribution in [0, 0.1) is 6.92 Å². The lowest BCUT2D eigenvalue weighted by Crippen LogP contribution is -2.34. The third-order valence-corrected chi connectivity index (χ3v) is 10.5. The molecule has 0 bridgehead atoms. The summed E-state index contributed by atoms with van der Waals surface area (Å²) in [5, 5.41) is 18.3. The highest BCUT2D eigenvalue weighted by molar-refractivity contribution is 8.22. The van der Waals surface area contributed by atoms with Crippen LogP contribution in [-0.2, 0) is 17.9 Å². The summed E-state index contributed by atoms with van der Waals surface area (Å²) in [7, 11) is -3.41. The van der Waals surface area contributed by atoms with Gasteiger partial charge in [-0.2, -0.15) is 4.31 Å². The largest absolute Gasteiger partial charge is 0.481 e. The van der Waals surface area contributed by atoms with Gasteiger partial charge in [-0.25, -0.2) is 9.67 Å². The summed E-state index contributed by atoms with van der Waals surface area (Å²) < 4.78 is 32.5. The number of pyridine rings is 1. The smallest absolute Gasteiger partial charge is 0.304 e. The van der Waals surface area contributed by atoms with Crippen molar-refractivity contribution in [2.45, 2.75) is 63.6 Å². The molecule has 1 aromatic carbocycles. The Morgan fingerprint density at radius 2 is 2.10 bits per heavy atom. The maximum atomic E-state index is 11.9. The molecule has 208 valence electrons. The third-order valence-electron chi connectivity index (χ3n) is 7.03. The van der Waals surface area contributed by atoms with E-state index in [0.29, 0.717) is 22.9 Å². The number of thiophene rings is 1. The molecule has 3 N–H and O–H groups in total. The highest BCUT2D eigenvalue weighted by Gasteiger charge is 2.36. The van der Waals surface area contributed by atoms with E-state index in [1.807, 2.05) is 39.0 Å². The fourth-order valence-electron chi connectivity index (χ4n) is 4.93. The number of ether oxygens (including phenoxy) is 1. The van der Waals surface area contributed by atoms with Crippen molar-refractivity contribution in [2.24, 2.45) is 0 Å². The van der Waals surface area contributed by atoms with Crippen molar-refractivity contribution < 1.29 is 23.7 Å². The van der Waals surface area contributed by atoms with E-state index in [9.17, 15) is 19.0 Å². The number of aryl methyl sites for hydroxylation is 2. The van der Waals surface area contributed by atoms with E-state index < -0.39 is 22.7 Å². The van der Waals surface area contributed by atoms with E-state index in [1.165, 1.54) is 11.3 Å². The van der Waals surface area contributed by atoms with Crippen LogP contribution in [0.4, 0.5) is 0 Å². The molecule has 5 rings (SSSR count). The number of aromatic nitrogens is 4. The summed E-state index contributed by atoms with van der Waals surface area (Å²) in [5.41, 5.74) is 4.04. The number of hydrogen-bond acceptors (Lipinski definition) is 9. The second kappa shape index (κ2) is 11.0. The summed E-state index contributed by atoms with van der Waals surface area (Å²) in [6.45, 7) is 6.97. The SMILES string of the molecule is CC[C@@H]1CN(Cc2cc(C(CC(=O)O)c3ccc4c(nnn4CC)c3C)sc2Cl)S(O)(O)c2cccnc2O1. The van der Waals surface area contributed by atoms with Crippen LogP contribution in [0.5, 0.6) is 5.88 Å². The van der Waals surface area contributed by atoms with Crippen LogP contribution >= 0.6 is 33.7 Å². The minimum Gasteiger partial charge on any atom is -0.481 e. The molecule has 4 heterocycles. The van der Waals surface area contributed by atoms with E-state index in [2.05, 4.69) is 15.3 Å². The summed E-state index contributed by atoms with van der Waals surface area (Å²) in [5.74, 6) is -1.18. The number of carboxylic acid groups (broad SMARTS) is 1. The van der Waals surface area contributed by atoms with Crippen LogP contribution in [0.3, 0.4) is 0 Å². The number of benzene rings is 1. The van der Waals surface area contributed by atoms with Crippen molar-refractivity contribution in [2.75, 3.05) is 6.54 Å². The zero-order valence-electron chi connectivity index (χ0n) is 21.7. The van der Waals surface area contributed by atoms with Gasteiger partial charge in [0.15, 0.2) is 0 Å². The van der Waals surface area contributed by atoms with Gasteiger partial charge in [-0.3, -0.25) is 13.9 Å². The number of rotatable bonds is 8. The van der Waals surface area contributed by atoms with Gasteiger partial charge in [0.25, 0.3) is 0 Å². The number of nitrogens with zero attached hydrogens (tertiary/aromatic N) is 5. The average Bonchev–Trinajstić information content (AvgIpc) is 3.47. The molecule has 0 fully saturated rings. The number of carbonyl (C=O) groups is 1. The maximum Gasteiger partial charge on any atom is 0.304 e. The molecular weight excluding hydrogens is 562 g/mol. The van der Waals surface area contributed by atoms with E-state index in [-0.39, 0.29) is 36.4 Å². The quantitative estimate of drug-likeness (QED) is 0.220. The second-order valence-electron chi connectivity index (χ2n) is 9.45. The van der Waals surface area contributed by atoms with Gasteiger partial charge in [0.1, 0.15) is 16.5 Å². The molecule has 0 spiro atoms. The van der Waals surface area contributed by atoms with Crippen molar-refractivity contribution in [3.8, 4) is 5.88 Å². The third kappa shape index (κ3) is 5.24. The Kier molecular flexibility index (Phi) is 7.86. The standard InChI is InChI=1S/C26H30ClN5O5S2/c1-4-17-14-31(39(35,36)22-7-6-10-28-26(22)37-17)13-16-11-21(38-25(16)27)19(12-23(33)34)18-8-9-20-24(15(18)3)29-30-32(20)5-2/h6-11,17,19,35-36H,4-5,12-14H2,1-3H3,(H,33,34)/t17-,19?/m1/s1. The van der Waals surface area contributed by atoms with Crippen LogP contribution < -0.4 is 4.74 Å². The van der Waals surface area contributed by atoms with Gasteiger partial charge in [0, 0.05) is 30.1 Å². The number of aliphatic carboxylic acids is 1. The molecule has 4 aromatic rings. The van der Waals surface area contributed by atoms with Crippen LogP contribution in [0.2, 0.25) is 4.34 Å².